The van der Waals surface area contributed by atoms with E-state index in [0.717, 1.165) is 24.4 Å². The number of aryl methyl sites for hydroxylation is 1. The van der Waals surface area contributed by atoms with Gasteiger partial charge in [0.25, 0.3) is 0 Å². The number of hydrogen-bond acceptors (Lipinski definition) is 4. The van der Waals surface area contributed by atoms with Crippen LogP contribution in [0.25, 0.3) is 0 Å². The fraction of sp³-hybridized carbons (Fsp3) is 0.458. The summed E-state index contributed by atoms with van der Waals surface area (Å²) in [5.74, 6) is 0.936. The van der Waals surface area contributed by atoms with Crippen LogP contribution in [0.4, 0.5) is 0 Å². The van der Waals surface area contributed by atoms with Crippen molar-refractivity contribution in [3.8, 4) is 5.75 Å². The molecule has 2 aromatic rings. The van der Waals surface area contributed by atoms with Crippen molar-refractivity contribution in [3.05, 3.63) is 59.2 Å². The highest BCUT2D eigenvalue weighted by molar-refractivity contribution is 7.48. The molecule has 0 aromatic heterocycles. The summed E-state index contributed by atoms with van der Waals surface area (Å²) in [7, 11) is 2.25. The van der Waals surface area contributed by atoms with Crippen molar-refractivity contribution in [1.82, 2.24) is 5.01 Å². The summed E-state index contributed by atoms with van der Waals surface area (Å²) < 4.78 is 11.1. The van der Waals surface area contributed by atoms with E-state index in [1.807, 2.05) is 6.21 Å². The van der Waals surface area contributed by atoms with Crippen molar-refractivity contribution in [2.45, 2.75) is 45.2 Å². The molecule has 0 radical (unpaired) electrons. The molecule has 0 aliphatic carbocycles. The molecule has 0 amide bonds. The first-order valence-corrected chi connectivity index (χ1v) is 11.4. The van der Waals surface area contributed by atoms with E-state index in [4.69, 9.17) is 14.6 Å². The Balaban J connectivity index is 1.84. The van der Waals surface area contributed by atoms with Gasteiger partial charge in [-0.05, 0) is 37.1 Å². The molecule has 0 saturated carbocycles. The van der Waals surface area contributed by atoms with Crippen molar-refractivity contribution < 1.29 is 9.47 Å². The smallest absolute Gasteiger partial charge is 0.188 e. The lowest BCUT2D eigenvalue weighted by atomic mass is 9.98. The van der Waals surface area contributed by atoms with Crippen LogP contribution in [0.1, 0.15) is 49.8 Å². The van der Waals surface area contributed by atoms with Crippen LogP contribution in [0.15, 0.2) is 47.6 Å². The molecule has 0 bridgehead atoms. The Labute approximate surface area is 177 Å². The van der Waals surface area contributed by atoms with Gasteiger partial charge in [0.15, 0.2) is 6.79 Å². The van der Waals surface area contributed by atoms with Crippen LogP contribution in [0.5, 0.6) is 5.75 Å². The largest absolute Gasteiger partial charge is 0.467 e. The van der Waals surface area contributed by atoms with Crippen LogP contribution in [-0.4, -0.2) is 38.2 Å². The van der Waals surface area contributed by atoms with Crippen LogP contribution in [-0.2, 0) is 9.89 Å². The first kappa shape index (κ1) is 21.8. The molecule has 0 N–H and O–H groups in total. The monoisotopic (exact) mass is 412 g/mol. The van der Waals surface area contributed by atoms with Crippen LogP contribution in [0, 0.1) is 6.92 Å². The Morgan fingerprint density at radius 3 is 2.59 bits per heavy atom. The highest BCUT2D eigenvalue weighted by atomic mass is 31.1. The SMILES string of the molecule is COCOc1c(C)cccc1C(C)(C)Pc1ccccc1/C=N/N1CCCCC1. The van der Waals surface area contributed by atoms with Gasteiger partial charge in [-0.3, -0.25) is 5.01 Å². The second kappa shape index (κ2) is 10.2. The van der Waals surface area contributed by atoms with Gasteiger partial charge >= 0.3 is 0 Å². The van der Waals surface area contributed by atoms with Crippen molar-refractivity contribution >= 4 is 20.1 Å². The van der Waals surface area contributed by atoms with Crippen molar-refractivity contribution in [3.63, 3.8) is 0 Å². The van der Waals surface area contributed by atoms with Gasteiger partial charge in [-0.15, -0.1) is 0 Å². The molecular weight excluding hydrogens is 379 g/mol. The number of para-hydroxylation sites is 1. The molecule has 1 aliphatic rings. The van der Waals surface area contributed by atoms with Gasteiger partial charge < -0.3 is 9.47 Å². The Morgan fingerprint density at radius 1 is 1.07 bits per heavy atom. The van der Waals surface area contributed by atoms with Crippen LogP contribution in [0.2, 0.25) is 0 Å². The van der Waals surface area contributed by atoms with Gasteiger partial charge in [-0.25, -0.2) is 0 Å². The molecule has 1 saturated heterocycles. The van der Waals surface area contributed by atoms with Crippen LogP contribution in [0.3, 0.4) is 0 Å². The summed E-state index contributed by atoms with van der Waals surface area (Å²) in [5.41, 5.74) is 3.56. The number of nitrogens with zero attached hydrogens (tertiary/aromatic N) is 2. The third kappa shape index (κ3) is 5.81. The number of piperidine rings is 1. The van der Waals surface area contributed by atoms with Crippen LogP contribution < -0.4 is 10.0 Å². The number of rotatable bonds is 8. The Hall–Kier alpha value is -1.90. The molecule has 1 aliphatic heterocycles. The number of methoxy groups -OCH3 is 1. The molecule has 5 heteroatoms. The third-order valence-corrected chi connectivity index (χ3v) is 6.93. The molecular formula is C24H33N2O2P. The minimum absolute atomic E-state index is 0.0653. The maximum absolute atomic E-state index is 5.95. The Bertz CT molecular complexity index is 829. The van der Waals surface area contributed by atoms with Gasteiger partial charge in [0.2, 0.25) is 0 Å². The van der Waals surface area contributed by atoms with Crippen molar-refractivity contribution in [1.29, 1.82) is 0 Å². The number of hydrogen-bond donors (Lipinski definition) is 0. The first-order valence-electron chi connectivity index (χ1n) is 10.4. The predicted molar refractivity (Wildman–Crippen MR) is 124 cm³/mol. The molecule has 156 valence electrons. The molecule has 1 unspecified atom stereocenters. The number of benzene rings is 2. The van der Waals surface area contributed by atoms with E-state index in [2.05, 4.69) is 68.2 Å². The summed E-state index contributed by atoms with van der Waals surface area (Å²) >= 11 is 0. The number of ether oxygens (including phenoxy) is 2. The van der Waals surface area contributed by atoms with Crippen molar-refractivity contribution in [2.75, 3.05) is 27.0 Å². The van der Waals surface area contributed by atoms with Gasteiger partial charge in [0.1, 0.15) is 5.75 Å². The van der Waals surface area contributed by atoms with Crippen LogP contribution >= 0.6 is 8.58 Å². The predicted octanol–water partition coefficient (Wildman–Crippen LogP) is 5.04. The molecule has 2 aromatic carbocycles. The fourth-order valence-corrected chi connectivity index (χ4v) is 5.19. The third-order valence-electron chi connectivity index (χ3n) is 5.31. The quantitative estimate of drug-likeness (QED) is 0.346. The molecule has 29 heavy (non-hydrogen) atoms. The summed E-state index contributed by atoms with van der Waals surface area (Å²) in [6.07, 6.45) is 5.85. The van der Waals surface area contributed by atoms with E-state index in [1.54, 1.807) is 7.11 Å². The van der Waals surface area contributed by atoms with E-state index in [-0.39, 0.29) is 11.9 Å². The van der Waals surface area contributed by atoms with E-state index >= 15 is 0 Å². The molecule has 1 atom stereocenters. The normalized spacial score (nSPS) is 15.5. The average molecular weight is 413 g/mol. The lowest BCUT2D eigenvalue weighted by Crippen LogP contribution is -2.25. The molecule has 0 spiro atoms. The first-order chi connectivity index (χ1) is 14.0. The second-order valence-electron chi connectivity index (χ2n) is 8.10. The molecule has 3 rings (SSSR count). The second-order valence-corrected chi connectivity index (χ2v) is 10.1. The fourth-order valence-electron chi connectivity index (χ4n) is 3.72. The van der Waals surface area contributed by atoms with E-state index in [9.17, 15) is 0 Å². The average Bonchev–Trinajstić information content (AvgIpc) is 2.72. The Kier molecular flexibility index (Phi) is 7.69. The lowest BCUT2D eigenvalue weighted by Gasteiger charge is -2.29. The minimum Gasteiger partial charge on any atom is -0.467 e. The van der Waals surface area contributed by atoms with Gasteiger partial charge in [-0.1, -0.05) is 64.9 Å². The van der Waals surface area contributed by atoms with Gasteiger partial charge in [0, 0.05) is 36.5 Å². The molecule has 1 fully saturated rings. The zero-order valence-electron chi connectivity index (χ0n) is 18.1. The van der Waals surface area contributed by atoms with E-state index in [1.165, 1.54) is 35.7 Å². The highest BCUT2D eigenvalue weighted by Gasteiger charge is 2.27. The molecule has 1 heterocycles. The van der Waals surface area contributed by atoms with Gasteiger partial charge in [-0.2, -0.15) is 5.10 Å². The standard InChI is InChI=1S/C24H33N2O2P/c1-19-11-10-13-21(23(19)28-18-27-4)24(2,3)29-22-14-7-6-12-20(22)17-25-26-15-8-5-9-16-26/h6-7,10-14,17,29H,5,8-9,15-16,18H2,1-4H3/b25-17+. The van der Waals surface area contributed by atoms with E-state index in [0.29, 0.717) is 8.58 Å². The summed E-state index contributed by atoms with van der Waals surface area (Å²) in [4.78, 5) is 0. The highest BCUT2D eigenvalue weighted by Crippen LogP contribution is 2.45. The zero-order valence-corrected chi connectivity index (χ0v) is 19.1. The number of hydrazone groups is 1. The maximum atomic E-state index is 5.95. The minimum atomic E-state index is -0.0653. The summed E-state index contributed by atoms with van der Waals surface area (Å²) in [6.45, 7) is 9.06. The summed E-state index contributed by atoms with van der Waals surface area (Å²) in [5, 5.41) is 8.23. The summed E-state index contributed by atoms with van der Waals surface area (Å²) in [6, 6.07) is 15.0. The van der Waals surface area contributed by atoms with Crippen molar-refractivity contribution in [2.24, 2.45) is 5.10 Å². The zero-order chi connectivity index (χ0) is 20.7. The molecule has 4 nitrogen and oxygen atoms in total. The maximum Gasteiger partial charge on any atom is 0.188 e. The van der Waals surface area contributed by atoms with E-state index < -0.39 is 0 Å². The van der Waals surface area contributed by atoms with Gasteiger partial charge in [0.05, 0.1) is 6.21 Å². The Morgan fingerprint density at radius 2 is 1.83 bits per heavy atom. The lowest BCUT2D eigenvalue weighted by molar-refractivity contribution is 0.0496. The topological polar surface area (TPSA) is 34.1 Å².